The van der Waals surface area contributed by atoms with E-state index in [0.29, 0.717) is 19.3 Å². The Hall–Kier alpha value is -4.19. The lowest BCUT2D eigenvalue weighted by atomic mass is 10.1. The summed E-state index contributed by atoms with van der Waals surface area (Å²) in [5, 5.41) is 0. The van der Waals surface area contributed by atoms with Gasteiger partial charge in [-0.05, 0) is 116 Å². The number of hydrogen-bond acceptors (Lipinski definition) is 6. The number of carbonyl (C=O) groups excluding carboxylic acids is 3. The first-order chi connectivity index (χ1) is 35.5. The number of ether oxygens (including phenoxy) is 3. The van der Waals surface area contributed by atoms with Gasteiger partial charge in [-0.15, -0.1) is 0 Å². The second-order valence-corrected chi connectivity index (χ2v) is 19.2. The maximum Gasteiger partial charge on any atom is 0.306 e. The van der Waals surface area contributed by atoms with E-state index in [2.05, 4.69) is 142 Å². The first-order valence-electron chi connectivity index (χ1n) is 29.5. The number of rotatable bonds is 52. The molecule has 0 heterocycles. The van der Waals surface area contributed by atoms with E-state index in [1.165, 1.54) is 83.5 Å². The van der Waals surface area contributed by atoms with Crippen LogP contribution >= 0.6 is 0 Å². The van der Waals surface area contributed by atoms with E-state index in [1.807, 2.05) is 0 Å². The summed E-state index contributed by atoms with van der Waals surface area (Å²) in [6, 6.07) is 0. The minimum absolute atomic E-state index is 0.0921. The van der Waals surface area contributed by atoms with Crippen LogP contribution < -0.4 is 0 Å². The van der Waals surface area contributed by atoms with Gasteiger partial charge in [0.25, 0.3) is 0 Å². The van der Waals surface area contributed by atoms with Crippen molar-refractivity contribution in [3.63, 3.8) is 0 Å². The Bertz CT molecular complexity index is 1520. The highest BCUT2D eigenvalue weighted by atomic mass is 16.6. The highest BCUT2D eigenvalue weighted by molar-refractivity contribution is 5.71. The van der Waals surface area contributed by atoms with Gasteiger partial charge in [0, 0.05) is 19.3 Å². The van der Waals surface area contributed by atoms with Crippen LogP contribution in [0.2, 0.25) is 0 Å². The summed E-state index contributed by atoms with van der Waals surface area (Å²) in [5.74, 6) is -0.938. The van der Waals surface area contributed by atoms with Gasteiger partial charge in [0.15, 0.2) is 6.10 Å². The molecule has 0 amide bonds. The zero-order valence-corrected chi connectivity index (χ0v) is 46.7. The molecule has 6 nitrogen and oxygen atoms in total. The average molecular weight is 998 g/mol. The smallest absolute Gasteiger partial charge is 0.306 e. The molecule has 0 aliphatic rings. The number of hydrogen-bond donors (Lipinski definition) is 0. The van der Waals surface area contributed by atoms with Gasteiger partial charge in [-0.2, -0.15) is 0 Å². The highest BCUT2D eigenvalue weighted by Gasteiger charge is 2.19. The Morgan fingerprint density at radius 1 is 0.292 bits per heavy atom. The van der Waals surface area contributed by atoms with Crippen LogP contribution in [-0.4, -0.2) is 37.2 Å². The molecule has 0 aromatic rings. The van der Waals surface area contributed by atoms with Gasteiger partial charge in [-0.3, -0.25) is 14.4 Å². The third kappa shape index (κ3) is 56.7. The van der Waals surface area contributed by atoms with Crippen molar-refractivity contribution in [1.29, 1.82) is 0 Å². The number of unbranched alkanes of at least 4 members (excludes halogenated alkanes) is 21. The van der Waals surface area contributed by atoms with Gasteiger partial charge >= 0.3 is 17.9 Å². The van der Waals surface area contributed by atoms with E-state index in [1.54, 1.807) is 0 Å². The van der Waals surface area contributed by atoms with Gasteiger partial charge in [0.1, 0.15) is 13.2 Å². The molecule has 0 aromatic carbocycles. The molecule has 0 aliphatic carbocycles. The Kier molecular flexibility index (Phi) is 55.9. The van der Waals surface area contributed by atoms with E-state index in [-0.39, 0.29) is 31.1 Å². The van der Waals surface area contributed by atoms with E-state index in [0.717, 1.165) is 135 Å². The Labute approximate surface area is 443 Å². The molecule has 0 rings (SSSR count). The van der Waals surface area contributed by atoms with Crippen molar-refractivity contribution in [3.8, 4) is 0 Å². The summed E-state index contributed by atoms with van der Waals surface area (Å²) in [6.45, 7) is 6.45. The maximum atomic E-state index is 12.8. The second kappa shape index (κ2) is 59.4. The maximum absolute atomic E-state index is 12.8. The molecule has 408 valence electrons. The van der Waals surface area contributed by atoms with E-state index < -0.39 is 6.10 Å². The lowest BCUT2D eigenvalue weighted by Gasteiger charge is -2.18. The van der Waals surface area contributed by atoms with Crippen LogP contribution in [0.1, 0.15) is 258 Å². The summed E-state index contributed by atoms with van der Waals surface area (Å²) >= 11 is 0. The van der Waals surface area contributed by atoms with Crippen LogP contribution in [0.3, 0.4) is 0 Å². The van der Waals surface area contributed by atoms with Gasteiger partial charge in [-0.25, -0.2) is 0 Å². The fourth-order valence-corrected chi connectivity index (χ4v) is 7.78. The molecule has 0 aromatic heterocycles. The lowest BCUT2D eigenvalue weighted by molar-refractivity contribution is -0.167. The van der Waals surface area contributed by atoms with Crippen molar-refractivity contribution < 1.29 is 28.6 Å². The number of esters is 3. The minimum atomic E-state index is -0.796. The molecule has 0 radical (unpaired) electrons. The lowest BCUT2D eigenvalue weighted by Crippen LogP contribution is -2.30. The molecule has 6 heteroatoms. The summed E-state index contributed by atoms with van der Waals surface area (Å²) in [7, 11) is 0. The topological polar surface area (TPSA) is 78.9 Å². The molecule has 0 saturated heterocycles. The van der Waals surface area contributed by atoms with Crippen LogP contribution in [0.5, 0.6) is 0 Å². The monoisotopic (exact) mass is 997 g/mol. The standard InChI is InChI=1S/C66H108O6/c1-4-7-10-13-16-19-22-24-25-26-27-28-29-30-31-32-33-34-35-36-37-38-39-40-41-42-45-47-50-53-56-59-65(68)71-62-63(61-70-64(67)58-55-52-49-46-43-21-18-15-12-9-6-3)72-66(69)60-57-54-51-48-44-23-20-17-14-11-8-5-2/h7,10,16-17,19-20,24-25,27-28,30-31,33-34,36-37,39-40,42,45,63H,4-6,8-9,11-15,18,21-23,26,29,32,35,38,41,43-44,46-62H2,1-3H3/b10-7-,19-16-,20-17-,25-24-,28-27-,31-30-,34-33-,37-36-,40-39-,45-42-. The van der Waals surface area contributed by atoms with Gasteiger partial charge in [0.05, 0.1) is 0 Å². The molecule has 0 saturated carbocycles. The predicted molar refractivity (Wildman–Crippen MR) is 311 cm³/mol. The van der Waals surface area contributed by atoms with Gasteiger partial charge in [-0.1, -0.05) is 245 Å². The molecule has 72 heavy (non-hydrogen) atoms. The largest absolute Gasteiger partial charge is 0.462 e. The van der Waals surface area contributed by atoms with Crippen LogP contribution in [0.15, 0.2) is 122 Å². The molecule has 1 atom stereocenters. The fraction of sp³-hybridized carbons (Fsp3) is 0.652. The molecular formula is C66H108O6. The fourth-order valence-electron chi connectivity index (χ4n) is 7.78. The zero-order valence-electron chi connectivity index (χ0n) is 46.7. The molecular weight excluding hydrogens is 889 g/mol. The first kappa shape index (κ1) is 67.8. The van der Waals surface area contributed by atoms with Crippen molar-refractivity contribution in [3.05, 3.63) is 122 Å². The molecule has 0 spiro atoms. The first-order valence-corrected chi connectivity index (χ1v) is 29.5. The Morgan fingerprint density at radius 3 is 0.903 bits per heavy atom. The highest BCUT2D eigenvalue weighted by Crippen LogP contribution is 2.14. The zero-order chi connectivity index (χ0) is 52.2. The summed E-state index contributed by atoms with van der Waals surface area (Å²) in [5.41, 5.74) is 0. The molecule has 0 fully saturated rings. The Morgan fingerprint density at radius 2 is 0.542 bits per heavy atom. The Balaban J connectivity index is 4.31. The van der Waals surface area contributed by atoms with Crippen molar-refractivity contribution in [1.82, 2.24) is 0 Å². The van der Waals surface area contributed by atoms with Crippen molar-refractivity contribution in [2.75, 3.05) is 13.2 Å². The van der Waals surface area contributed by atoms with Gasteiger partial charge in [0.2, 0.25) is 0 Å². The van der Waals surface area contributed by atoms with Crippen LogP contribution in [0.25, 0.3) is 0 Å². The second-order valence-electron chi connectivity index (χ2n) is 19.2. The third-order valence-corrected chi connectivity index (χ3v) is 12.2. The van der Waals surface area contributed by atoms with E-state index >= 15 is 0 Å². The van der Waals surface area contributed by atoms with Crippen molar-refractivity contribution >= 4 is 17.9 Å². The molecule has 1 unspecified atom stereocenters. The molecule has 0 bridgehead atoms. The van der Waals surface area contributed by atoms with Crippen molar-refractivity contribution in [2.45, 2.75) is 264 Å². The quantitative estimate of drug-likeness (QED) is 0.0261. The SMILES string of the molecule is CC/C=C\C/C=C\C/C=C\C/C=C\C/C=C\C/C=C\C/C=C\C/C=C\C/C=C\CCCCCC(=O)OCC(COC(=O)CCCCCCCCCCCCC)OC(=O)CCCCCCC/C=C\CCCCC. The third-order valence-electron chi connectivity index (χ3n) is 12.2. The average Bonchev–Trinajstić information content (AvgIpc) is 3.38. The van der Waals surface area contributed by atoms with Crippen LogP contribution in [0, 0.1) is 0 Å². The molecule has 0 N–H and O–H groups in total. The summed E-state index contributed by atoms with van der Waals surface area (Å²) in [4.78, 5) is 38.0. The van der Waals surface area contributed by atoms with Crippen LogP contribution in [-0.2, 0) is 28.6 Å². The number of allylic oxidation sites excluding steroid dienone is 20. The van der Waals surface area contributed by atoms with Gasteiger partial charge < -0.3 is 14.2 Å². The molecule has 0 aliphatic heterocycles. The normalized spacial score (nSPS) is 13.0. The number of carbonyl (C=O) groups is 3. The van der Waals surface area contributed by atoms with E-state index in [9.17, 15) is 14.4 Å². The van der Waals surface area contributed by atoms with Crippen molar-refractivity contribution in [2.24, 2.45) is 0 Å². The summed E-state index contributed by atoms with van der Waals surface area (Å²) in [6.07, 6.45) is 82.0. The van der Waals surface area contributed by atoms with E-state index in [4.69, 9.17) is 14.2 Å². The minimum Gasteiger partial charge on any atom is -0.462 e. The van der Waals surface area contributed by atoms with Crippen LogP contribution in [0.4, 0.5) is 0 Å². The summed E-state index contributed by atoms with van der Waals surface area (Å²) < 4.78 is 16.8. The predicted octanol–water partition coefficient (Wildman–Crippen LogP) is 20.0.